The van der Waals surface area contributed by atoms with Crippen LogP contribution in [0.25, 0.3) is 0 Å². The van der Waals surface area contributed by atoms with E-state index in [9.17, 15) is 18.0 Å². The number of nitrogens with zero attached hydrogens (tertiary/aromatic N) is 1. The Morgan fingerprint density at radius 1 is 1.33 bits per heavy atom. The van der Waals surface area contributed by atoms with Crippen molar-refractivity contribution in [3.05, 3.63) is 28.2 Å². The normalized spacial score (nSPS) is 20.1. The van der Waals surface area contributed by atoms with E-state index in [1.165, 1.54) is 18.2 Å². The number of piperazine rings is 1. The van der Waals surface area contributed by atoms with Crippen molar-refractivity contribution in [1.29, 1.82) is 0 Å². The van der Waals surface area contributed by atoms with Gasteiger partial charge in [0.25, 0.3) is 0 Å². The van der Waals surface area contributed by atoms with E-state index >= 15 is 0 Å². The summed E-state index contributed by atoms with van der Waals surface area (Å²) in [5.41, 5.74) is 0. The van der Waals surface area contributed by atoms with Crippen molar-refractivity contribution in [3.8, 4) is 0 Å². The molecule has 2 rings (SSSR count). The maximum Gasteiger partial charge on any atom is 0.323 e. The summed E-state index contributed by atoms with van der Waals surface area (Å²) < 4.78 is 25.8. The summed E-state index contributed by atoms with van der Waals surface area (Å²) in [6, 6.07) is 2.68. The molecule has 0 bridgehead atoms. The summed E-state index contributed by atoms with van der Waals surface area (Å²) in [4.78, 5) is 22.2. The molecule has 21 heavy (non-hydrogen) atoms. The van der Waals surface area contributed by atoms with Crippen molar-refractivity contribution < 1.29 is 23.1 Å². The highest BCUT2D eigenvalue weighted by Gasteiger charge is 2.42. The minimum absolute atomic E-state index is 0.141. The van der Waals surface area contributed by atoms with Crippen LogP contribution in [0.5, 0.6) is 0 Å². The van der Waals surface area contributed by atoms with Crippen LogP contribution in [-0.4, -0.2) is 48.8 Å². The first kappa shape index (κ1) is 16.0. The zero-order chi connectivity index (χ0) is 15.8. The van der Waals surface area contributed by atoms with Gasteiger partial charge in [0.05, 0.1) is 16.6 Å². The highest BCUT2D eigenvalue weighted by Crippen LogP contribution is 2.32. The maximum atomic E-state index is 12.6. The number of carboxylic acid groups (broad SMARTS) is 1. The van der Waals surface area contributed by atoms with Crippen LogP contribution in [0.1, 0.15) is 0 Å². The van der Waals surface area contributed by atoms with E-state index in [0.29, 0.717) is 4.31 Å². The van der Waals surface area contributed by atoms with Gasteiger partial charge in [-0.15, -0.1) is 0 Å². The molecule has 10 heteroatoms. The Labute approximate surface area is 130 Å². The molecule has 1 aromatic carbocycles. The average molecular weight is 353 g/mol. The molecule has 7 nitrogen and oxygen atoms in total. The standard InChI is InChI=1S/C11H10Cl2N2O5S/c12-6-2-1-3-7(13)10(6)21(19,20)15-5-9(16)14-4-8(15)11(17)18/h1-3,8H,4-5H2,(H,14,16)(H,17,18). The molecule has 2 N–H and O–H groups in total. The molecule has 1 aliphatic rings. The number of aliphatic carboxylic acids is 1. The van der Waals surface area contributed by atoms with Gasteiger partial charge in [-0.2, -0.15) is 4.31 Å². The van der Waals surface area contributed by atoms with Gasteiger partial charge in [0.15, 0.2) is 0 Å². The SMILES string of the molecule is O=C1CN(S(=O)(=O)c2c(Cl)cccc2Cl)C(C(=O)O)CN1. The summed E-state index contributed by atoms with van der Waals surface area (Å²) in [6.07, 6.45) is 0. The Morgan fingerprint density at radius 3 is 2.43 bits per heavy atom. The van der Waals surface area contributed by atoms with Crippen LogP contribution in [0.3, 0.4) is 0 Å². The Morgan fingerprint density at radius 2 is 1.90 bits per heavy atom. The molecule has 1 aliphatic heterocycles. The van der Waals surface area contributed by atoms with E-state index in [1.807, 2.05) is 0 Å². The fourth-order valence-corrected chi connectivity index (χ4v) is 4.56. The lowest BCUT2D eigenvalue weighted by Crippen LogP contribution is -2.59. The van der Waals surface area contributed by atoms with Gasteiger partial charge in [0.2, 0.25) is 15.9 Å². The van der Waals surface area contributed by atoms with Gasteiger partial charge in [-0.1, -0.05) is 29.3 Å². The second-order valence-corrected chi connectivity index (χ2v) is 6.90. The van der Waals surface area contributed by atoms with Crippen LogP contribution in [0.2, 0.25) is 10.0 Å². The molecule has 1 fully saturated rings. The fourth-order valence-electron chi connectivity index (χ4n) is 1.93. The molecule has 0 radical (unpaired) electrons. The first-order valence-corrected chi connectivity index (χ1v) is 7.90. The molecular formula is C11H10Cl2N2O5S. The fraction of sp³-hybridized carbons (Fsp3) is 0.273. The lowest BCUT2D eigenvalue weighted by atomic mass is 10.2. The van der Waals surface area contributed by atoms with Crippen molar-refractivity contribution in [3.63, 3.8) is 0 Å². The third-order valence-electron chi connectivity index (χ3n) is 2.91. The molecule has 1 amide bonds. The zero-order valence-electron chi connectivity index (χ0n) is 10.4. The molecule has 1 aromatic rings. The number of hydrogen-bond acceptors (Lipinski definition) is 4. The van der Waals surface area contributed by atoms with Gasteiger partial charge in [0.1, 0.15) is 10.9 Å². The Balaban J connectivity index is 2.55. The second kappa shape index (κ2) is 5.80. The number of carbonyl (C=O) groups is 2. The van der Waals surface area contributed by atoms with E-state index in [0.717, 1.165) is 0 Å². The second-order valence-electron chi connectivity index (χ2n) is 4.26. The van der Waals surface area contributed by atoms with Crippen molar-refractivity contribution in [2.24, 2.45) is 0 Å². The van der Waals surface area contributed by atoms with Gasteiger partial charge >= 0.3 is 5.97 Å². The van der Waals surface area contributed by atoms with Crippen molar-refractivity contribution in [2.45, 2.75) is 10.9 Å². The van der Waals surface area contributed by atoms with Crippen LogP contribution in [0.15, 0.2) is 23.1 Å². The van der Waals surface area contributed by atoms with Crippen LogP contribution in [0, 0.1) is 0 Å². The van der Waals surface area contributed by atoms with Gasteiger partial charge < -0.3 is 10.4 Å². The molecule has 1 heterocycles. The number of nitrogens with one attached hydrogen (secondary N) is 1. The van der Waals surface area contributed by atoms with Crippen molar-refractivity contribution >= 4 is 45.1 Å². The maximum absolute atomic E-state index is 12.6. The first-order valence-electron chi connectivity index (χ1n) is 5.70. The molecule has 0 aliphatic carbocycles. The molecule has 0 saturated carbocycles. The number of carboxylic acids is 1. The van der Waals surface area contributed by atoms with Crippen molar-refractivity contribution in [1.82, 2.24) is 9.62 Å². The average Bonchev–Trinajstić information content (AvgIpc) is 2.37. The van der Waals surface area contributed by atoms with E-state index < -0.39 is 39.4 Å². The van der Waals surface area contributed by atoms with E-state index in [4.69, 9.17) is 28.3 Å². The number of sulfonamides is 1. The molecule has 0 aromatic heterocycles. The summed E-state index contributed by atoms with van der Waals surface area (Å²) in [6.45, 7) is -0.934. The third-order valence-corrected chi connectivity index (χ3v) is 5.72. The van der Waals surface area contributed by atoms with E-state index in [-0.39, 0.29) is 16.6 Å². The van der Waals surface area contributed by atoms with Gasteiger partial charge in [-0.05, 0) is 12.1 Å². The number of hydrogen-bond donors (Lipinski definition) is 2. The summed E-state index contributed by atoms with van der Waals surface area (Å²) in [5, 5.41) is 11.1. The predicted octanol–water partition coefficient (Wildman–Crippen LogP) is 0.567. The number of benzene rings is 1. The minimum Gasteiger partial charge on any atom is -0.480 e. The summed E-state index contributed by atoms with van der Waals surface area (Å²) in [7, 11) is -4.32. The highest BCUT2D eigenvalue weighted by molar-refractivity contribution is 7.89. The summed E-state index contributed by atoms with van der Waals surface area (Å²) in [5.74, 6) is -1.97. The molecule has 114 valence electrons. The predicted molar refractivity (Wildman–Crippen MR) is 74.8 cm³/mol. The van der Waals surface area contributed by atoms with Gasteiger partial charge in [-0.25, -0.2) is 8.42 Å². The van der Waals surface area contributed by atoms with Crippen molar-refractivity contribution in [2.75, 3.05) is 13.1 Å². The Kier molecular flexibility index (Phi) is 4.43. The molecule has 1 saturated heterocycles. The van der Waals surface area contributed by atoms with Crippen LogP contribution in [-0.2, 0) is 19.6 Å². The van der Waals surface area contributed by atoms with Crippen LogP contribution >= 0.6 is 23.2 Å². The number of rotatable bonds is 3. The molecule has 1 unspecified atom stereocenters. The monoisotopic (exact) mass is 352 g/mol. The van der Waals surface area contributed by atoms with E-state index in [2.05, 4.69) is 5.32 Å². The first-order chi connectivity index (χ1) is 9.75. The quantitative estimate of drug-likeness (QED) is 0.827. The van der Waals surface area contributed by atoms with Gasteiger partial charge in [0, 0.05) is 6.54 Å². The molecule has 1 atom stereocenters. The Bertz CT molecular complexity index is 686. The largest absolute Gasteiger partial charge is 0.480 e. The summed E-state index contributed by atoms with van der Waals surface area (Å²) >= 11 is 11.7. The lowest BCUT2D eigenvalue weighted by molar-refractivity contribution is -0.143. The number of halogens is 2. The van der Waals surface area contributed by atoms with E-state index in [1.54, 1.807) is 0 Å². The molecule has 0 spiro atoms. The number of carbonyl (C=O) groups excluding carboxylic acids is 1. The lowest BCUT2D eigenvalue weighted by Gasteiger charge is -2.32. The van der Waals surface area contributed by atoms with Crippen LogP contribution < -0.4 is 5.32 Å². The smallest absolute Gasteiger partial charge is 0.323 e. The topological polar surface area (TPSA) is 104 Å². The third kappa shape index (κ3) is 2.98. The number of amides is 1. The van der Waals surface area contributed by atoms with Gasteiger partial charge in [-0.3, -0.25) is 9.59 Å². The zero-order valence-corrected chi connectivity index (χ0v) is 12.7. The van der Waals surface area contributed by atoms with Crippen LogP contribution in [0.4, 0.5) is 0 Å². The molecular weight excluding hydrogens is 343 g/mol. The Hall–Kier alpha value is -1.35. The highest BCUT2D eigenvalue weighted by atomic mass is 35.5. The minimum atomic E-state index is -4.32.